The second-order valence-corrected chi connectivity index (χ2v) is 7.39. The third-order valence-electron chi connectivity index (χ3n) is 4.61. The minimum Gasteiger partial charge on any atom is -0.382 e. The van der Waals surface area contributed by atoms with Gasteiger partial charge in [0.1, 0.15) is 0 Å². The number of halogens is 1. The Balaban J connectivity index is 0.00000576. The number of nitrogens with zero attached hydrogens (tertiary/aromatic N) is 1. The number of guanidine groups is 1. The SMILES string of the molecule is CCNC(=NCC1(CC(C)C)CCC1)NCCCCOCCOC.I. The zero-order chi connectivity index (χ0) is 17.7. The van der Waals surface area contributed by atoms with Crippen LogP contribution in [0.3, 0.4) is 0 Å². The lowest BCUT2D eigenvalue weighted by Gasteiger charge is -2.42. The van der Waals surface area contributed by atoms with Gasteiger partial charge in [-0.05, 0) is 50.4 Å². The maximum absolute atomic E-state index is 5.48. The first-order valence-electron chi connectivity index (χ1n) is 9.71. The molecule has 0 aliphatic heterocycles. The smallest absolute Gasteiger partial charge is 0.191 e. The van der Waals surface area contributed by atoms with Crippen molar-refractivity contribution in [3.05, 3.63) is 0 Å². The summed E-state index contributed by atoms with van der Waals surface area (Å²) in [6.45, 7) is 11.7. The van der Waals surface area contributed by atoms with Crippen LogP contribution in [0.15, 0.2) is 4.99 Å². The third-order valence-corrected chi connectivity index (χ3v) is 4.61. The molecule has 1 aliphatic carbocycles. The van der Waals surface area contributed by atoms with Crippen molar-refractivity contribution in [2.24, 2.45) is 16.3 Å². The number of methoxy groups -OCH3 is 1. The van der Waals surface area contributed by atoms with Crippen LogP contribution in [0.2, 0.25) is 0 Å². The molecule has 0 saturated heterocycles. The van der Waals surface area contributed by atoms with Crippen LogP contribution in [-0.2, 0) is 9.47 Å². The molecule has 0 aromatic carbocycles. The Kier molecular flexibility index (Phi) is 15.0. The second-order valence-electron chi connectivity index (χ2n) is 7.39. The van der Waals surface area contributed by atoms with Gasteiger partial charge in [-0.15, -0.1) is 24.0 Å². The molecule has 1 rings (SSSR count). The fourth-order valence-corrected chi connectivity index (χ4v) is 3.34. The molecule has 0 atom stereocenters. The second kappa shape index (κ2) is 15.0. The van der Waals surface area contributed by atoms with E-state index in [0.29, 0.717) is 18.6 Å². The zero-order valence-corrected chi connectivity index (χ0v) is 19.1. The van der Waals surface area contributed by atoms with Crippen molar-refractivity contribution in [3.8, 4) is 0 Å². The Labute approximate surface area is 172 Å². The van der Waals surface area contributed by atoms with Gasteiger partial charge in [0.05, 0.1) is 13.2 Å². The van der Waals surface area contributed by atoms with Gasteiger partial charge < -0.3 is 20.1 Å². The average Bonchev–Trinajstić information content (AvgIpc) is 2.51. The topological polar surface area (TPSA) is 54.9 Å². The van der Waals surface area contributed by atoms with E-state index in [1.165, 1.54) is 25.7 Å². The van der Waals surface area contributed by atoms with Crippen molar-refractivity contribution in [1.82, 2.24) is 10.6 Å². The van der Waals surface area contributed by atoms with Gasteiger partial charge in [-0.3, -0.25) is 4.99 Å². The van der Waals surface area contributed by atoms with Gasteiger partial charge in [-0.1, -0.05) is 20.3 Å². The van der Waals surface area contributed by atoms with Crippen molar-refractivity contribution >= 4 is 29.9 Å². The molecule has 0 radical (unpaired) electrons. The molecule has 1 fully saturated rings. The lowest BCUT2D eigenvalue weighted by Crippen LogP contribution is -2.40. The number of hydrogen-bond acceptors (Lipinski definition) is 3. The average molecular weight is 469 g/mol. The van der Waals surface area contributed by atoms with E-state index in [-0.39, 0.29) is 24.0 Å². The molecule has 0 aromatic rings. The van der Waals surface area contributed by atoms with Crippen LogP contribution in [0.4, 0.5) is 0 Å². The summed E-state index contributed by atoms with van der Waals surface area (Å²) in [4.78, 5) is 4.87. The van der Waals surface area contributed by atoms with Crippen LogP contribution in [-0.4, -0.2) is 52.5 Å². The molecular formula is C19H40IN3O2. The number of unbranched alkanes of at least 4 members (excludes halogenated alkanes) is 1. The highest BCUT2D eigenvalue weighted by molar-refractivity contribution is 14.0. The first-order chi connectivity index (χ1) is 11.6. The number of rotatable bonds is 13. The van der Waals surface area contributed by atoms with Crippen molar-refractivity contribution in [1.29, 1.82) is 0 Å². The molecule has 1 aliphatic rings. The molecule has 2 N–H and O–H groups in total. The van der Waals surface area contributed by atoms with E-state index >= 15 is 0 Å². The van der Waals surface area contributed by atoms with Crippen LogP contribution >= 0.6 is 24.0 Å². The maximum Gasteiger partial charge on any atom is 0.191 e. The van der Waals surface area contributed by atoms with Gasteiger partial charge in [0.25, 0.3) is 0 Å². The van der Waals surface area contributed by atoms with Crippen LogP contribution in [0.1, 0.15) is 59.3 Å². The predicted octanol–water partition coefficient (Wildman–Crippen LogP) is 3.82. The Morgan fingerprint density at radius 1 is 1.12 bits per heavy atom. The first-order valence-corrected chi connectivity index (χ1v) is 9.71. The molecule has 0 bridgehead atoms. The summed E-state index contributed by atoms with van der Waals surface area (Å²) in [5.74, 6) is 1.72. The van der Waals surface area contributed by atoms with Crippen molar-refractivity contribution < 1.29 is 9.47 Å². The van der Waals surface area contributed by atoms with Crippen molar-refractivity contribution in [3.63, 3.8) is 0 Å². The highest BCUT2D eigenvalue weighted by Crippen LogP contribution is 2.46. The van der Waals surface area contributed by atoms with Crippen LogP contribution in [0.5, 0.6) is 0 Å². The molecule has 25 heavy (non-hydrogen) atoms. The highest BCUT2D eigenvalue weighted by atomic mass is 127. The molecule has 1 saturated carbocycles. The number of nitrogens with one attached hydrogen (secondary N) is 2. The van der Waals surface area contributed by atoms with E-state index in [9.17, 15) is 0 Å². The Hall–Kier alpha value is -0.0800. The van der Waals surface area contributed by atoms with Gasteiger partial charge in [0, 0.05) is 33.4 Å². The molecule has 0 heterocycles. The van der Waals surface area contributed by atoms with Gasteiger partial charge in [-0.2, -0.15) is 0 Å². The molecule has 5 nitrogen and oxygen atoms in total. The van der Waals surface area contributed by atoms with E-state index in [1.54, 1.807) is 7.11 Å². The largest absolute Gasteiger partial charge is 0.382 e. The van der Waals surface area contributed by atoms with E-state index < -0.39 is 0 Å². The maximum atomic E-state index is 5.48. The summed E-state index contributed by atoms with van der Waals surface area (Å²) in [5, 5.41) is 6.82. The minimum absolute atomic E-state index is 0. The van der Waals surface area contributed by atoms with Gasteiger partial charge >= 0.3 is 0 Å². The Morgan fingerprint density at radius 3 is 2.44 bits per heavy atom. The summed E-state index contributed by atoms with van der Waals surface area (Å²) in [7, 11) is 1.70. The van der Waals surface area contributed by atoms with Crippen LogP contribution < -0.4 is 10.6 Å². The van der Waals surface area contributed by atoms with Crippen molar-refractivity contribution in [2.45, 2.75) is 59.3 Å². The molecule has 0 spiro atoms. The summed E-state index contributed by atoms with van der Waals surface area (Å²) in [6.07, 6.45) is 7.51. The highest BCUT2D eigenvalue weighted by Gasteiger charge is 2.37. The van der Waals surface area contributed by atoms with Gasteiger partial charge in [-0.25, -0.2) is 0 Å². The number of hydrogen-bond donors (Lipinski definition) is 2. The van der Waals surface area contributed by atoms with E-state index in [0.717, 1.165) is 51.0 Å². The lowest BCUT2D eigenvalue weighted by molar-refractivity contribution is 0.0689. The predicted molar refractivity (Wildman–Crippen MR) is 117 cm³/mol. The first kappa shape index (κ1) is 24.9. The van der Waals surface area contributed by atoms with E-state index in [4.69, 9.17) is 14.5 Å². The fraction of sp³-hybridized carbons (Fsp3) is 0.947. The normalized spacial score (nSPS) is 16.3. The summed E-state index contributed by atoms with van der Waals surface area (Å²) >= 11 is 0. The number of ether oxygens (including phenoxy) is 2. The Bertz CT molecular complexity index is 348. The van der Waals surface area contributed by atoms with E-state index in [1.807, 2.05) is 0 Å². The summed E-state index contributed by atoms with van der Waals surface area (Å²) in [6, 6.07) is 0. The molecule has 0 aromatic heterocycles. The molecule has 6 heteroatoms. The molecule has 0 unspecified atom stereocenters. The van der Waals surface area contributed by atoms with Crippen LogP contribution in [0.25, 0.3) is 0 Å². The third kappa shape index (κ3) is 11.3. The van der Waals surface area contributed by atoms with Gasteiger partial charge in [0.15, 0.2) is 5.96 Å². The molecular weight excluding hydrogens is 429 g/mol. The van der Waals surface area contributed by atoms with E-state index in [2.05, 4.69) is 31.4 Å². The lowest BCUT2D eigenvalue weighted by atomic mass is 9.64. The minimum atomic E-state index is 0. The monoisotopic (exact) mass is 469 g/mol. The zero-order valence-electron chi connectivity index (χ0n) is 16.7. The number of aliphatic imine (C=N–C) groups is 1. The van der Waals surface area contributed by atoms with Crippen LogP contribution in [0, 0.1) is 11.3 Å². The van der Waals surface area contributed by atoms with Crippen molar-refractivity contribution in [2.75, 3.05) is 46.6 Å². The summed E-state index contributed by atoms with van der Waals surface area (Å²) < 4.78 is 10.4. The van der Waals surface area contributed by atoms with Gasteiger partial charge in [0.2, 0.25) is 0 Å². The molecule has 150 valence electrons. The Morgan fingerprint density at radius 2 is 1.88 bits per heavy atom. The summed E-state index contributed by atoms with van der Waals surface area (Å²) in [5.41, 5.74) is 0.464. The fourth-order valence-electron chi connectivity index (χ4n) is 3.34. The standard InChI is InChI=1S/C19H39N3O2.HI/c1-5-20-18(21-11-6-7-12-24-14-13-23-4)22-16-19(9-8-10-19)15-17(2)3;/h17H,5-16H2,1-4H3,(H2,20,21,22);1H. The quantitative estimate of drug-likeness (QED) is 0.186. The molecule has 0 amide bonds.